The summed E-state index contributed by atoms with van der Waals surface area (Å²) in [6.07, 6.45) is 0. The van der Waals surface area contributed by atoms with Crippen molar-refractivity contribution in [1.82, 2.24) is 0 Å². The molecule has 0 saturated heterocycles. The highest BCUT2D eigenvalue weighted by molar-refractivity contribution is 6.20. The molecule has 5 heteroatoms. The van der Waals surface area contributed by atoms with Gasteiger partial charge in [0.15, 0.2) is 17.0 Å². The Labute approximate surface area is 86.8 Å². The van der Waals surface area contributed by atoms with Gasteiger partial charge in [-0.25, -0.2) is 0 Å². The van der Waals surface area contributed by atoms with Crippen LogP contribution in [0.5, 0.6) is 11.5 Å². The molecule has 76 valence electrons. The molecule has 0 saturated carbocycles. The van der Waals surface area contributed by atoms with Crippen LogP contribution in [0.1, 0.15) is 11.1 Å². The molecule has 0 aliphatic carbocycles. The minimum atomic E-state index is -0.894. The number of ether oxygens (including phenoxy) is 2. The number of benzene rings is 1. The first-order chi connectivity index (χ1) is 6.72. The smallest absolute Gasteiger partial charge is 0.190 e. The van der Waals surface area contributed by atoms with E-state index in [1.54, 1.807) is 18.2 Å². The van der Waals surface area contributed by atoms with Gasteiger partial charge >= 0.3 is 0 Å². The molecule has 0 amide bonds. The number of hydrogen-bond acceptors (Lipinski definition) is 4. The van der Waals surface area contributed by atoms with E-state index in [-0.39, 0.29) is 0 Å². The Morgan fingerprint density at radius 2 is 1.93 bits per heavy atom. The predicted molar refractivity (Wildman–Crippen MR) is 53.9 cm³/mol. The zero-order chi connectivity index (χ0) is 10.6. The SMILES string of the molecule is COc1ccc(C(Cl)N=O)cc1OC. The molecule has 0 spiro atoms. The van der Waals surface area contributed by atoms with E-state index in [0.717, 1.165) is 0 Å². The number of nitroso groups, excluding NO2 is 1. The van der Waals surface area contributed by atoms with Gasteiger partial charge in [-0.15, -0.1) is 4.91 Å². The second kappa shape index (κ2) is 4.81. The number of nitrogens with zero attached hydrogens (tertiary/aromatic N) is 1. The van der Waals surface area contributed by atoms with E-state index in [0.29, 0.717) is 17.1 Å². The lowest BCUT2D eigenvalue weighted by Gasteiger charge is -2.09. The molecule has 0 fully saturated rings. The highest BCUT2D eigenvalue weighted by Crippen LogP contribution is 2.32. The van der Waals surface area contributed by atoms with Crippen LogP contribution in [-0.2, 0) is 0 Å². The Bertz CT molecular complexity index is 330. The summed E-state index contributed by atoms with van der Waals surface area (Å²) in [5.74, 6) is 1.12. The Hall–Kier alpha value is -1.29. The topological polar surface area (TPSA) is 47.9 Å². The molecule has 0 aromatic heterocycles. The fourth-order valence-corrected chi connectivity index (χ4v) is 1.20. The molecule has 14 heavy (non-hydrogen) atoms. The third-order valence-electron chi connectivity index (χ3n) is 1.78. The molecule has 0 radical (unpaired) electrons. The summed E-state index contributed by atoms with van der Waals surface area (Å²) in [5.41, 5.74) is -0.311. The first-order valence-electron chi connectivity index (χ1n) is 3.91. The molecule has 1 atom stereocenters. The van der Waals surface area contributed by atoms with Crippen LogP contribution in [0.25, 0.3) is 0 Å². The Balaban J connectivity index is 3.06. The average Bonchev–Trinajstić information content (AvgIpc) is 2.26. The fourth-order valence-electron chi connectivity index (χ4n) is 1.06. The number of methoxy groups -OCH3 is 2. The van der Waals surface area contributed by atoms with E-state index in [4.69, 9.17) is 21.1 Å². The van der Waals surface area contributed by atoms with Gasteiger partial charge in [0.1, 0.15) is 0 Å². The summed E-state index contributed by atoms with van der Waals surface area (Å²) >= 11 is 5.64. The van der Waals surface area contributed by atoms with E-state index >= 15 is 0 Å². The first-order valence-corrected chi connectivity index (χ1v) is 4.35. The van der Waals surface area contributed by atoms with Gasteiger partial charge in [-0.1, -0.05) is 17.7 Å². The molecule has 1 aromatic rings. The van der Waals surface area contributed by atoms with Crippen LogP contribution in [0.4, 0.5) is 0 Å². The number of alkyl halides is 1. The minimum Gasteiger partial charge on any atom is -0.493 e. The third-order valence-corrected chi connectivity index (χ3v) is 2.11. The van der Waals surface area contributed by atoms with Crippen LogP contribution >= 0.6 is 11.6 Å². The van der Waals surface area contributed by atoms with Crippen LogP contribution in [0, 0.1) is 4.91 Å². The summed E-state index contributed by atoms with van der Waals surface area (Å²) in [6.45, 7) is 0. The van der Waals surface area contributed by atoms with Crippen LogP contribution < -0.4 is 9.47 Å². The standard InChI is InChI=1S/C9H10ClNO3/c1-13-7-4-3-6(9(10)11-12)5-8(7)14-2/h3-5,9H,1-2H3. The number of hydrogen-bond donors (Lipinski definition) is 0. The van der Waals surface area contributed by atoms with Crippen LogP contribution in [0.2, 0.25) is 0 Å². The summed E-state index contributed by atoms with van der Waals surface area (Å²) < 4.78 is 10.1. The second-order valence-electron chi connectivity index (χ2n) is 2.56. The van der Waals surface area contributed by atoms with E-state index in [1.165, 1.54) is 14.2 Å². The molecule has 0 aliphatic heterocycles. The maximum atomic E-state index is 10.2. The first kappa shape index (κ1) is 10.8. The van der Waals surface area contributed by atoms with E-state index in [9.17, 15) is 4.91 Å². The van der Waals surface area contributed by atoms with Crippen molar-refractivity contribution in [3.8, 4) is 11.5 Å². The summed E-state index contributed by atoms with van der Waals surface area (Å²) in [7, 11) is 3.05. The van der Waals surface area contributed by atoms with Crippen molar-refractivity contribution in [1.29, 1.82) is 0 Å². The van der Waals surface area contributed by atoms with Gasteiger partial charge < -0.3 is 9.47 Å². The lowest BCUT2D eigenvalue weighted by Crippen LogP contribution is -1.93. The van der Waals surface area contributed by atoms with E-state index in [2.05, 4.69) is 5.18 Å². The van der Waals surface area contributed by atoms with Gasteiger partial charge in [-0.3, -0.25) is 0 Å². The van der Waals surface area contributed by atoms with Crippen molar-refractivity contribution < 1.29 is 9.47 Å². The zero-order valence-electron chi connectivity index (χ0n) is 7.86. The van der Waals surface area contributed by atoms with Gasteiger partial charge in [-0.2, -0.15) is 0 Å². The molecule has 0 heterocycles. The van der Waals surface area contributed by atoms with Gasteiger partial charge in [0, 0.05) is 0 Å². The van der Waals surface area contributed by atoms with Crippen molar-refractivity contribution in [2.75, 3.05) is 14.2 Å². The molecule has 4 nitrogen and oxygen atoms in total. The molecular formula is C9H10ClNO3. The Morgan fingerprint density at radius 3 is 2.43 bits per heavy atom. The van der Waals surface area contributed by atoms with Crippen molar-refractivity contribution in [3.63, 3.8) is 0 Å². The fraction of sp³-hybridized carbons (Fsp3) is 0.333. The quantitative estimate of drug-likeness (QED) is 0.441. The van der Waals surface area contributed by atoms with Gasteiger partial charge in [-0.05, 0) is 22.9 Å². The number of rotatable bonds is 4. The second-order valence-corrected chi connectivity index (χ2v) is 2.97. The monoisotopic (exact) mass is 215 g/mol. The highest BCUT2D eigenvalue weighted by Gasteiger charge is 2.11. The maximum absolute atomic E-state index is 10.2. The van der Waals surface area contributed by atoms with Crippen LogP contribution in [-0.4, -0.2) is 14.2 Å². The van der Waals surface area contributed by atoms with Crippen molar-refractivity contribution in [3.05, 3.63) is 28.7 Å². The highest BCUT2D eigenvalue weighted by atomic mass is 35.5. The largest absolute Gasteiger partial charge is 0.493 e. The van der Waals surface area contributed by atoms with Gasteiger partial charge in [0.25, 0.3) is 0 Å². The normalized spacial score (nSPS) is 11.9. The Morgan fingerprint density at radius 1 is 1.29 bits per heavy atom. The molecule has 1 rings (SSSR count). The van der Waals surface area contributed by atoms with Crippen molar-refractivity contribution in [2.45, 2.75) is 5.50 Å². The van der Waals surface area contributed by atoms with E-state index in [1.807, 2.05) is 0 Å². The molecule has 1 aromatic carbocycles. The number of halogens is 1. The minimum absolute atomic E-state index is 0.527. The van der Waals surface area contributed by atoms with Crippen LogP contribution in [0.3, 0.4) is 0 Å². The zero-order valence-corrected chi connectivity index (χ0v) is 8.62. The summed E-state index contributed by atoms with van der Waals surface area (Å²) in [5, 5.41) is 2.71. The molecular weight excluding hydrogens is 206 g/mol. The lowest BCUT2D eigenvalue weighted by atomic mass is 10.2. The summed E-state index contributed by atoms with van der Waals surface area (Å²) in [6, 6.07) is 4.97. The molecule has 0 bridgehead atoms. The van der Waals surface area contributed by atoms with Gasteiger partial charge in [0.05, 0.1) is 14.2 Å². The van der Waals surface area contributed by atoms with E-state index < -0.39 is 5.50 Å². The third kappa shape index (κ3) is 2.14. The van der Waals surface area contributed by atoms with Crippen molar-refractivity contribution >= 4 is 11.6 Å². The molecule has 0 N–H and O–H groups in total. The van der Waals surface area contributed by atoms with Crippen molar-refractivity contribution in [2.24, 2.45) is 5.18 Å². The summed E-state index contributed by atoms with van der Waals surface area (Å²) in [4.78, 5) is 10.2. The van der Waals surface area contributed by atoms with Crippen LogP contribution in [0.15, 0.2) is 23.4 Å². The maximum Gasteiger partial charge on any atom is 0.190 e. The Kier molecular flexibility index (Phi) is 3.71. The average molecular weight is 216 g/mol. The lowest BCUT2D eigenvalue weighted by molar-refractivity contribution is 0.354. The molecule has 0 aliphatic rings. The van der Waals surface area contributed by atoms with Gasteiger partial charge in [0.2, 0.25) is 0 Å². The predicted octanol–water partition coefficient (Wildman–Crippen LogP) is 2.71. The molecule has 1 unspecified atom stereocenters.